The van der Waals surface area contributed by atoms with E-state index in [0.29, 0.717) is 11.1 Å². The number of benzene rings is 3. The van der Waals surface area contributed by atoms with Gasteiger partial charge in [-0.2, -0.15) is 5.10 Å². The normalized spacial score (nSPS) is 18.5. The van der Waals surface area contributed by atoms with Gasteiger partial charge in [0.05, 0.1) is 12.3 Å². The zero-order valence-corrected chi connectivity index (χ0v) is 16.8. The minimum Gasteiger partial charge on any atom is -0.481 e. The number of rotatable bonds is 4. The number of aliphatic carboxylic acids is 1. The Bertz CT molecular complexity index is 1150. The highest BCUT2D eigenvalue weighted by molar-refractivity contribution is 6.00. The molecule has 5 nitrogen and oxygen atoms in total. The second-order valence-corrected chi connectivity index (χ2v) is 7.46. The minimum absolute atomic E-state index is 0.304. The van der Waals surface area contributed by atoms with Crippen molar-refractivity contribution in [1.29, 1.82) is 0 Å². The van der Waals surface area contributed by atoms with E-state index < -0.39 is 17.9 Å². The van der Waals surface area contributed by atoms with Crippen molar-refractivity contribution in [3.8, 4) is 0 Å². The van der Waals surface area contributed by atoms with E-state index in [1.54, 1.807) is 30.5 Å². The first kappa shape index (κ1) is 19.6. The van der Waals surface area contributed by atoms with E-state index in [1.807, 2.05) is 62.4 Å². The first-order chi connectivity index (χ1) is 14.5. The molecule has 3 aromatic rings. The fraction of sp³-hybridized carbons (Fsp3) is 0.160. The highest BCUT2D eigenvalue weighted by atomic mass is 16.4. The third kappa shape index (κ3) is 3.39. The maximum absolute atomic E-state index is 13.4. The molecule has 0 unspecified atom stereocenters. The monoisotopic (exact) mass is 398 g/mol. The Hall–Kier alpha value is -3.73. The number of fused-ring (bicyclic) bond motifs is 1. The van der Waals surface area contributed by atoms with Crippen LogP contribution in [0.5, 0.6) is 0 Å². The fourth-order valence-corrected chi connectivity index (χ4v) is 4.00. The molecule has 1 heterocycles. The summed E-state index contributed by atoms with van der Waals surface area (Å²) in [6, 6.07) is 21.4. The fourth-order valence-electron chi connectivity index (χ4n) is 4.00. The summed E-state index contributed by atoms with van der Waals surface area (Å²) in [6.07, 6.45) is 1.63. The van der Waals surface area contributed by atoms with Gasteiger partial charge in [-0.05, 0) is 47.7 Å². The SMILES string of the molecule is Cc1ccccc1/C=N/N1C(=O)c2ccccc2[C@H](C(=O)O)[C@@H]1c1ccccc1C. The third-order valence-corrected chi connectivity index (χ3v) is 5.60. The molecule has 4 rings (SSSR count). The molecular formula is C25H22N2O3. The number of carboxylic acid groups (broad SMARTS) is 1. The molecule has 1 amide bonds. The summed E-state index contributed by atoms with van der Waals surface area (Å²) in [5.74, 6) is -2.21. The van der Waals surface area contributed by atoms with E-state index in [0.717, 1.165) is 22.3 Å². The summed E-state index contributed by atoms with van der Waals surface area (Å²) < 4.78 is 0. The summed E-state index contributed by atoms with van der Waals surface area (Å²) in [6.45, 7) is 3.88. The van der Waals surface area contributed by atoms with Crippen LogP contribution in [0.3, 0.4) is 0 Å². The molecule has 0 spiro atoms. The van der Waals surface area contributed by atoms with E-state index in [-0.39, 0.29) is 5.91 Å². The van der Waals surface area contributed by atoms with Crippen molar-refractivity contribution >= 4 is 18.1 Å². The highest BCUT2D eigenvalue weighted by Gasteiger charge is 2.45. The van der Waals surface area contributed by atoms with E-state index in [9.17, 15) is 14.7 Å². The van der Waals surface area contributed by atoms with Crippen LogP contribution in [0.15, 0.2) is 77.9 Å². The van der Waals surface area contributed by atoms with Gasteiger partial charge in [-0.25, -0.2) is 5.01 Å². The Morgan fingerprint density at radius 2 is 1.50 bits per heavy atom. The lowest BCUT2D eigenvalue weighted by atomic mass is 9.79. The smallest absolute Gasteiger partial charge is 0.313 e. The van der Waals surface area contributed by atoms with E-state index in [2.05, 4.69) is 5.10 Å². The van der Waals surface area contributed by atoms with Crippen molar-refractivity contribution in [2.75, 3.05) is 0 Å². The molecule has 1 aliphatic heterocycles. The van der Waals surface area contributed by atoms with Crippen molar-refractivity contribution in [3.63, 3.8) is 0 Å². The topological polar surface area (TPSA) is 70.0 Å². The number of carbonyl (C=O) groups is 2. The average molecular weight is 398 g/mol. The van der Waals surface area contributed by atoms with Crippen LogP contribution >= 0.6 is 0 Å². The zero-order valence-electron chi connectivity index (χ0n) is 16.8. The number of hydrazone groups is 1. The standard InChI is InChI=1S/C25H22N2O3/c1-16-9-3-5-11-18(16)15-26-27-23(19-12-6-4-10-17(19)2)22(25(29)30)20-13-7-8-14-21(20)24(27)28/h3-15,22-23H,1-2H3,(H,29,30)/b26-15+/t22-,23-/m0/s1. The second-order valence-electron chi connectivity index (χ2n) is 7.46. The summed E-state index contributed by atoms with van der Waals surface area (Å²) in [5.41, 5.74) is 4.47. The van der Waals surface area contributed by atoms with E-state index in [1.165, 1.54) is 5.01 Å². The maximum Gasteiger partial charge on any atom is 0.313 e. The second kappa shape index (κ2) is 7.95. The van der Waals surface area contributed by atoms with Gasteiger partial charge < -0.3 is 5.11 Å². The maximum atomic E-state index is 13.4. The van der Waals surface area contributed by atoms with Crippen LogP contribution < -0.4 is 0 Å². The highest BCUT2D eigenvalue weighted by Crippen LogP contribution is 2.43. The van der Waals surface area contributed by atoms with Crippen LogP contribution in [0, 0.1) is 13.8 Å². The largest absolute Gasteiger partial charge is 0.481 e. The number of carbonyl (C=O) groups excluding carboxylic acids is 1. The molecule has 0 saturated heterocycles. The molecule has 0 aliphatic carbocycles. The van der Waals surface area contributed by atoms with Crippen molar-refractivity contribution in [2.45, 2.75) is 25.8 Å². The molecule has 2 atom stereocenters. The van der Waals surface area contributed by atoms with Gasteiger partial charge in [-0.3, -0.25) is 9.59 Å². The van der Waals surface area contributed by atoms with Gasteiger partial charge in [0.1, 0.15) is 5.92 Å². The Labute approximate surface area is 175 Å². The quantitative estimate of drug-likeness (QED) is 0.648. The van der Waals surface area contributed by atoms with E-state index >= 15 is 0 Å². The molecule has 5 heteroatoms. The van der Waals surface area contributed by atoms with Gasteiger partial charge in [0.2, 0.25) is 0 Å². The molecule has 0 saturated carbocycles. The van der Waals surface area contributed by atoms with Crippen molar-refractivity contribution in [3.05, 3.63) is 106 Å². The number of amides is 1. The van der Waals surface area contributed by atoms with Crippen LogP contribution in [0.25, 0.3) is 0 Å². The first-order valence-corrected chi connectivity index (χ1v) is 9.79. The Balaban J connectivity index is 1.91. The molecule has 150 valence electrons. The van der Waals surface area contributed by atoms with Crippen LogP contribution in [0.2, 0.25) is 0 Å². The van der Waals surface area contributed by atoms with Crippen molar-refractivity contribution in [1.82, 2.24) is 5.01 Å². The minimum atomic E-state index is -0.987. The number of hydrogen-bond donors (Lipinski definition) is 1. The number of aryl methyl sites for hydroxylation is 2. The van der Waals surface area contributed by atoms with Gasteiger partial charge in [0, 0.05) is 5.56 Å². The Morgan fingerprint density at radius 3 is 2.17 bits per heavy atom. The lowest BCUT2D eigenvalue weighted by Gasteiger charge is -2.38. The number of carboxylic acids is 1. The van der Waals surface area contributed by atoms with Gasteiger partial charge in [-0.1, -0.05) is 66.7 Å². The Kier molecular flexibility index (Phi) is 5.19. The van der Waals surface area contributed by atoms with Gasteiger partial charge in [-0.15, -0.1) is 0 Å². The molecule has 3 aromatic carbocycles. The molecule has 0 bridgehead atoms. The molecule has 1 aliphatic rings. The average Bonchev–Trinajstić information content (AvgIpc) is 2.74. The summed E-state index contributed by atoms with van der Waals surface area (Å²) >= 11 is 0. The summed E-state index contributed by atoms with van der Waals surface area (Å²) in [4.78, 5) is 25.8. The zero-order chi connectivity index (χ0) is 21.3. The van der Waals surface area contributed by atoms with E-state index in [4.69, 9.17) is 0 Å². The first-order valence-electron chi connectivity index (χ1n) is 9.79. The third-order valence-electron chi connectivity index (χ3n) is 5.60. The molecule has 1 N–H and O–H groups in total. The van der Waals surface area contributed by atoms with Crippen LogP contribution in [-0.4, -0.2) is 28.2 Å². The van der Waals surface area contributed by atoms with Crippen LogP contribution in [-0.2, 0) is 4.79 Å². The summed E-state index contributed by atoms with van der Waals surface area (Å²) in [5, 5.41) is 16.0. The molecule has 0 fully saturated rings. The molecule has 0 radical (unpaired) electrons. The predicted octanol–water partition coefficient (Wildman–Crippen LogP) is 4.70. The lowest BCUT2D eigenvalue weighted by Crippen LogP contribution is -2.42. The van der Waals surface area contributed by atoms with Gasteiger partial charge in [0.15, 0.2) is 0 Å². The molecular weight excluding hydrogens is 376 g/mol. The van der Waals surface area contributed by atoms with Gasteiger partial charge in [0.25, 0.3) is 5.91 Å². The predicted molar refractivity (Wildman–Crippen MR) is 116 cm³/mol. The Morgan fingerprint density at radius 1 is 0.900 bits per heavy atom. The van der Waals surface area contributed by atoms with Crippen molar-refractivity contribution in [2.24, 2.45) is 5.10 Å². The number of hydrogen-bond acceptors (Lipinski definition) is 3. The molecule has 30 heavy (non-hydrogen) atoms. The summed E-state index contributed by atoms with van der Waals surface area (Å²) in [7, 11) is 0. The van der Waals surface area contributed by atoms with Crippen LogP contribution in [0.1, 0.15) is 50.1 Å². The van der Waals surface area contributed by atoms with Crippen molar-refractivity contribution < 1.29 is 14.7 Å². The lowest BCUT2D eigenvalue weighted by molar-refractivity contribution is -0.140. The molecule has 0 aromatic heterocycles. The van der Waals surface area contributed by atoms with Crippen LogP contribution in [0.4, 0.5) is 0 Å². The van der Waals surface area contributed by atoms with Gasteiger partial charge >= 0.3 is 5.97 Å². The number of nitrogens with zero attached hydrogens (tertiary/aromatic N) is 2.